The molecule has 4 aromatic rings. The average molecular weight is 450 g/mol. The monoisotopic (exact) mass is 449 g/mol. The minimum absolute atomic E-state index is 0.0667. The molecule has 1 fully saturated rings. The number of likely N-dealkylation sites (tertiary alicyclic amines) is 1. The molecule has 0 atom stereocenters. The molecule has 4 nitrogen and oxygen atoms in total. The molecule has 5 rings (SSSR count). The second-order valence-corrected chi connectivity index (χ2v) is 9.14. The van der Waals surface area contributed by atoms with Gasteiger partial charge in [-0.15, -0.1) is 0 Å². The summed E-state index contributed by atoms with van der Waals surface area (Å²) in [4.78, 5) is 15.9. The van der Waals surface area contributed by atoms with E-state index < -0.39 is 5.54 Å². The van der Waals surface area contributed by atoms with Crippen molar-refractivity contribution in [3.63, 3.8) is 0 Å². The number of piperidine rings is 1. The zero-order valence-corrected chi connectivity index (χ0v) is 18.7. The molecule has 0 N–H and O–H groups in total. The summed E-state index contributed by atoms with van der Waals surface area (Å²) in [5, 5.41) is 2.80. The van der Waals surface area contributed by atoms with Gasteiger partial charge in [0.15, 0.2) is 0 Å². The molecular formula is C26H25ClFN3O. The van der Waals surface area contributed by atoms with E-state index in [4.69, 9.17) is 11.6 Å². The minimum atomic E-state index is -0.487. The van der Waals surface area contributed by atoms with Crippen LogP contribution in [0.2, 0.25) is 5.02 Å². The lowest BCUT2D eigenvalue weighted by molar-refractivity contribution is 0.158. The number of aromatic nitrogens is 2. The van der Waals surface area contributed by atoms with E-state index >= 15 is 0 Å². The molecule has 1 aromatic heterocycles. The van der Waals surface area contributed by atoms with E-state index in [9.17, 15) is 9.18 Å². The van der Waals surface area contributed by atoms with Gasteiger partial charge in [0.1, 0.15) is 5.82 Å². The molecule has 0 saturated carbocycles. The third kappa shape index (κ3) is 3.65. The summed E-state index contributed by atoms with van der Waals surface area (Å²) in [7, 11) is 2.09. The van der Waals surface area contributed by atoms with Crippen molar-refractivity contribution in [1.29, 1.82) is 0 Å². The summed E-state index contributed by atoms with van der Waals surface area (Å²) < 4.78 is 17.2. The lowest BCUT2D eigenvalue weighted by atomic mass is 9.80. The molecule has 164 valence electrons. The van der Waals surface area contributed by atoms with Gasteiger partial charge in [-0.2, -0.15) is 0 Å². The van der Waals surface area contributed by atoms with Crippen LogP contribution >= 0.6 is 11.6 Å². The van der Waals surface area contributed by atoms with E-state index in [-0.39, 0.29) is 11.5 Å². The van der Waals surface area contributed by atoms with E-state index in [2.05, 4.69) is 18.0 Å². The quantitative estimate of drug-likeness (QED) is 0.433. The number of hydrogen-bond acceptors (Lipinski definition) is 2. The number of nitrogens with zero attached hydrogens (tertiary/aromatic N) is 3. The number of rotatable bonds is 4. The molecule has 6 heteroatoms. The third-order valence-corrected chi connectivity index (χ3v) is 6.98. The SMILES string of the molecule is CN1CCC(c2ccc(F)cc2)(n2ccn(Cc3cc(Cl)cc4ccccc34)c2=O)CC1. The molecule has 1 aliphatic rings. The van der Waals surface area contributed by atoms with Gasteiger partial charge >= 0.3 is 5.69 Å². The molecule has 0 aliphatic carbocycles. The largest absolute Gasteiger partial charge is 0.329 e. The molecule has 1 aliphatic heterocycles. The van der Waals surface area contributed by atoms with Crippen molar-refractivity contribution in [2.24, 2.45) is 0 Å². The van der Waals surface area contributed by atoms with E-state index in [0.717, 1.165) is 47.8 Å². The molecule has 3 aromatic carbocycles. The van der Waals surface area contributed by atoms with Crippen LogP contribution in [0.1, 0.15) is 24.0 Å². The highest BCUT2D eigenvalue weighted by molar-refractivity contribution is 6.31. The van der Waals surface area contributed by atoms with Crippen LogP contribution in [0.5, 0.6) is 0 Å². The highest BCUT2D eigenvalue weighted by Crippen LogP contribution is 2.36. The fourth-order valence-electron chi connectivity index (χ4n) is 4.94. The van der Waals surface area contributed by atoms with Crippen molar-refractivity contribution in [3.8, 4) is 0 Å². The summed E-state index contributed by atoms with van der Waals surface area (Å²) in [5.74, 6) is -0.269. The van der Waals surface area contributed by atoms with Crippen LogP contribution in [0.25, 0.3) is 10.8 Å². The van der Waals surface area contributed by atoms with Gasteiger partial charge in [0.2, 0.25) is 0 Å². The Balaban J connectivity index is 1.58. The maximum atomic E-state index is 13.6. The first-order valence-corrected chi connectivity index (χ1v) is 11.2. The Bertz CT molecular complexity index is 1320. The zero-order valence-electron chi connectivity index (χ0n) is 18.0. The molecule has 0 spiro atoms. The van der Waals surface area contributed by atoms with Gasteiger partial charge < -0.3 is 4.90 Å². The smallest absolute Gasteiger partial charge is 0.306 e. The first-order chi connectivity index (χ1) is 15.5. The fraction of sp³-hybridized carbons (Fsp3) is 0.269. The minimum Gasteiger partial charge on any atom is -0.306 e. The van der Waals surface area contributed by atoms with Crippen molar-refractivity contribution in [3.05, 3.63) is 106 Å². The lowest BCUT2D eigenvalue weighted by Gasteiger charge is -2.41. The molecular weight excluding hydrogens is 425 g/mol. The molecule has 0 unspecified atom stereocenters. The van der Waals surface area contributed by atoms with Crippen LogP contribution in [0.4, 0.5) is 4.39 Å². The Hall–Kier alpha value is -2.89. The van der Waals surface area contributed by atoms with Gasteiger partial charge in [-0.25, -0.2) is 9.18 Å². The maximum absolute atomic E-state index is 13.6. The van der Waals surface area contributed by atoms with Crippen molar-refractivity contribution >= 4 is 22.4 Å². The number of hydrogen-bond donors (Lipinski definition) is 0. The zero-order chi connectivity index (χ0) is 22.3. The van der Waals surface area contributed by atoms with E-state index in [1.807, 2.05) is 59.4 Å². The van der Waals surface area contributed by atoms with Crippen molar-refractivity contribution in [2.45, 2.75) is 24.9 Å². The summed E-state index contributed by atoms with van der Waals surface area (Å²) in [6.45, 7) is 2.17. The topological polar surface area (TPSA) is 30.2 Å². The summed E-state index contributed by atoms with van der Waals surface area (Å²) in [5.41, 5.74) is 1.43. The molecule has 32 heavy (non-hydrogen) atoms. The number of benzene rings is 3. The third-order valence-electron chi connectivity index (χ3n) is 6.76. The maximum Gasteiger partial charge on any atom is 0.329 e. The predicted molar refractivity (Wildman–Crippen MR) is 127 cm³/mol. The average Bonchev–Trinajstić information content (AvgIpc) is 3.15. The first-order valence-electron chi connectivity index (χ1n) is 10.9. The Labute approximate surface area is 191 Å². The van der Waals surface area contributed by atoms with Crippen LogP contribution in [0.3, 0.4) is 0 Å². The van der Waals surface area contributed by atoms with E-state index in [1.54, 1.807) is 4.57 Å². The second kappa shape index (κ2) is 8.23. The van der Waals surface area contributed by atoms with Gasteiger partial charge in [-0.3, -0.25) is 9.13 Å². The normalized spacial score (nSPS) is 16.5. The van der Waals surface area contributed by atoms with Gasteiger partial charge in [-0.1, -0.05) is 48.0 Å². The van der Waals surface area contributed by atoms with Crippen LogP contribution in [-0.4, -0.2) is 34.2 Å². The van der Waals surface area contributed by atoms with Crippen molar-refractivity contribution in [2.75, 3.05) is 20.1 Å². The standard InChI is InChI=1S/C26H25ClFN3O/c1-29-12-10-26(11-13-29,21-6-8-23(28)9-7-21)31-15-14-30(25(31)32)18-20-17-22(27)16-19-4-2-3-5-24(19)20/h2-9,14-17H,10-13,18H2,1H3. The van der Waals surface area contributed by atoms with Gasteiger partial charge in [-0.05, 0) is 66.1 Å². The summed E-state index contributed by atoms with van der Waals surface area (Å²) in [6, 6.07) is 18.5. The molecule has 0 bridgehead atoms. The second-order valence-electron chi connectivity index (χ2n) is 8.71. The lowest BCUT2D eigenvalue weighted by Crippen LogP contribution is -2.49. The molecule has 0 radical (unpaired) electrons. The van der Waals surface area contributed by atoms with Gasteiger partial charge in [0.25, 0.3) is 0 Å². The highest BCUT2D eigenvalue weighted by Gasteiger charge is 2.38. The number of fused-ring (bicyclic) bond motifs is 1. The fourth-order valence-corrected chi connectivity index (χ4v) is 5.19. The molecule has 2 heterocycles. The Kier molecular flexibility index (Phi) is 5.39. The molecule has 0 amide bonds. The van der Waals surface area contributed by atoms with E-state index in [0.29, 0.717) is 11.6 Å². The van der Waals surface area contributed by atoms with Crippen LogP contribution in [0, 0.1) is 5.82 Å². The highest BCUT2D eigenvalue weighted by atomic mass is 35.5. The Morgan fingerprint density at radius 2 is 1.72 bits per heavy atom. The summed E-state index contributed by atoms with van der Waals surface area (Å²) >= 11 is 6.36. The van der Waals surface area contributed by atoms with Crippen LogP contribution in [-0.2, 0) is 12.1 Å². The summed E-state index contributed by atoms with van der Waals surface area (Å²) in [6.07, 6.45) is 5.31. The van der Waals surface area contributed by atoms with Crippen LogP contribution < -0.4 is 5.69 Å². The molecule has 1 saturated heterocycles. The van der Waals surface area contributed by atoms with Gasteiger partial charge in [0.05, 0.1) is 12.1 Å². The first kappa shape index (κ1) is 21.0. The van der Waals surface area contributed by atoms with Gasteiger partial charge in [0, 0.05) is 30.5 Å². The number of imidazole rings is 1. The van der Waals surface area contributed by atoms with E-state index in [1.165, 1.54) is 12.1 Å². The Morgan fingerprint density at radius 1 is 1.00 bits per heavy atom. The number of halogens is 2. The predicted octanol–water partition coefficient (Wildman–Crippen LogP) is 5.11. The van der Waals surface area contributed by atoms with Crippen LogP contribution in [0.15, 0.2) is 77.9 Å². The van der Waals surface area contributed by atoms with Crippen molar-refractivity contribution in [1.82, 2.24) is 14.0 Å². The Morgan fingerprint density at radius 3 is 2.47 bits per heavy atom. The van der Waals surface area contributed by atoms with Crippen molar-refractivity contribution < 1.29 is 4.39 Å².